The molecular formula is C18H18N4O5S. The first-order valence-electron chi connectivity index (χ1n) is 8.11. The molecule has 0 aromatic heterocycles. The van der Waals surface area contributed by atoms with Crippen molar-refractivity contribution in [3.63, 3.8) is 0 Å². The van der Waals surface area contributed by atoms with Crippen molar-refractivity contribution in [2.45, 2.75) is 13.8 Å². The van der Waals surface area contributed by atoms with Gasteiger partial charge in [-0.05, 0) is 49.3 Å². The van der Waals surface area contributed by atoms with E-state index in [0.29, 0.717) is 5.75 Å². The molecular weight excluding hydrogens is 384 g/mol. The van der Waals surface area contributed by atoms with Crippen molar-refractivity contribution in [3.05, 3.63) is 69.3 Å². The topological polar surface area (TPSA) is 123 Å². The van der Waals surface area contributed by atoms with Crippen molar-refractivity contribution >= 4 is 34.8 Å². The van der Waals surface area contributed by atoms with Crippen LogP contribution in [0, 0.1) is 24.0 Å². The normalized spacial score (nSPS) is 9.93. The molecule has 2 aromatic rings. The molecule has 0 heterocycles. The highest BCUT2D eigenvalue weighted by molar-refractivity contribution is 7.80. The molecule has 146 valence electrons. The van der Waals surface area contributed by atoms with Gasteiger partial charge in [0.2, 0.25) is 0 Å². The molecule has 3 N–H and O–H groups in total. The number of ether oxygens (including phenoxy) is 1. The lowest BCUT2D eigenvalue weighted by atomic mass is 10.1. The third kappa shape index (κ3) is 5.74. The number of nitrogens with zero attached hydrogens (tertiary/aromatic N) is 1. The molecule has 2 aromatic carbocycles. The Morgan fingerprint density at radius 3 is 2.57 bits per heavy atom. The van der Waals surface area contributed by atoms with Crippen LogP contribution in [0.15, 0.2) is 42.5 Å². The zero-order valence-electron chi connectivity index (χ0n) is 15.1. The molecule has 0 saturated carbocycles. The van der Waals surface area contributed by atoms with Crippen molar-refractivity contribution in [1.29, 1.82) is 0 Å². The van der Waals surface area contributed by atoms with Gasteiger partial charge in [-0.25, -0.2) is 0 Å². The van der Waals surface area contributed by atoms with E-state index in [0.717, 1.165) is 11.1 Å². The quantitative estimate of drug-likeness (QED) is 0.397. The number of hydrogen-bond acceptors (Lipinski definition) is 6. The van der Waals surface area contributed by atoms with E-state index >= 15 is 0 Å². The molecule has 0 aliphatic heterocycles. The van der Waals surface area contributed by atoms with Gasteiger partial charge in [0.05, 0.1) is 4.92 Å². The van der Waals surface area contributed by atoms with E-state index in [2.05, 4.69) is 16.2 Å². The minimum atomic E-state index is -0.768. The van der Waals surface area contributed by atoms with Crippen LogP contribution in [0.1, 0.15) is 21.5 Å². The SMILES string of the molecule is Cc1ccc(C)c(OCC(=O)NC(=S)NNC(=O)c2ccccc2[N+](=O)[O-])c1. The van der Waals surface area contributed by atoms with Crippen LogP contribution in [0.25, 0.3) is 0 Å². The number of carbonyl (C=O) groups is 2. The number of nitro benzene ring substituents is 1. The van der Waals surface area contributed by atoms with E-state index in [4.69, 9.17) is 17.0 Å². The highest BCUT2D eigenvalue weighted by atomic mass is 32.1. The summed E-state index contributed by atoms with van der Waals surface area (Å²) in [6, 6.07) is 11.1. The van der Waals surface area contributed by atoms with Crippen LogP contribution in [-0.4, -0.2) is 28.5 Å². The maximum absolute atomic E-state index is 12.1. The number of nitrogens with one attached hydrogen (secondary N) is 3. The Morgan fingerprint density at radius 2 is 1.86 bits per heavy atom. The van der Waals surface area contributed by atoms with Crippen molar-refractivity contribution in [2.75, 3.05) is 6.61 Å². The van der Waals surface area contributed by atoms with E-state index in [1.54, 1.807) is 0 Å². The van der Waals surface area contributed by atoms with Crippen LogP contribution >= 0.6 is 12.2 Å². The summed E-state index contributed by atoms with van der Waals surface area (Å²) in [6.07, 6.45) is 0. The van der Waals surface area contributed by atoms with Crippen LogP contribution in [0.2, 0.25) is 0 Å². The Kier molecular flexibility index (Phi) is 6.99. The zero-order valence-corrected chi connectivity index (χ0v) is 16.0. The molecule has 0 unspecified atom stereocenters. The number of hydrazine groups is 1. The molecule has 2 rings (SSSR count). The summed E-state index contributed by atoms with van der Waals surface area (Å²) in [7, 11) is 0. The summed E-state index contributed by atoms with van der Waals surface area (Å²) in [5.41, 5.74) is 5.90. The number of rotatable bonds is 5. The molecule has 10 heteroatoms. The molecule has 2 amide bonds. The second-order valence-electron chi connectivity index (χ2n) is 5.79. The third-order valence-electron chi connectivity index (χ3n) is 3.59. The first-order valence-corrected chi connectivity index (χ1v) is 8.52. The molecule has 0 bridgehead atoms. The summed E-state index contributed by atoms with van der Waals surface area (Å²) < 4.78 is 5.46. The number of amides is 2. The fourth-order valence-corrected chi connectivity index (χ4v) is 2.37. The van der Waals surface area contributed by atoms with E-state index in [-0.39, 0.29) is 23.0 Å². The summed E-state index contributed by atoms with van der Waals surface area (Å²) in [6.45, 7) is 3.49. The number of benzene rings is 2. The largest absolute Gasteiger partial charge is 0.483 e. The second kappa shape index (κ2) is 9.42. The number of aryl methyl sites for hydroxylation is 2. The average molecular weight is 402 g/mol. The molecule has 0 atom stereocenters. The van der Waals surface area contributed by atoms with E-state index in [9.17, 15) is 19.7 Å². The number of hydrogen-bond donors (Lipinski definition) is 3. The van der Waals surface area contributed by atoms with Crippen molar-refractivity contribution < 1.29 is 19.2 Å². The van der Waals surface area contributed by atoms with E-state index in [1.807, 2.05) is 32.0 Å². The van der Waals surface area contributed by atoms with Gasteiger partial charge in [0.1, 0.15) is 11.3 Å². The smallest absolute Gasteiger partial charge is 0.282 e. The van der Waals surface area contributed by atoms with Gasteiger partial charge in [-0.3, -0.25) is 35.9 Å². The standard InChI is InChI=1S/C18H18N4O5S/c1-11-7-8-12(2)15(9-11)27-10-16(23)19-18(28)21-20-17(24)13-5-3-4-6-14(13)22(25)26/h3-9H,10H2,1-2H3,(H,20,24)(H2,19,21,23,28). The van der Waals surface area contributed by atoms with E-state index in [1.165, 1.54) is 24.3 Å². The maximum Gasteiger partial charge on any atom is 0.282 e. The number of carbonyl (C=O) groups excluding carboxylic acids is 2. The molecule has 9 nitrogen and oxygen atoms in total. The summed E-state index contributed by atoms with van der Waals surface area (Å²) in [5, 5.41) is 13.1. The lowest BCUT2D eigenvalue weighted by Gasteiger charge is -2.12. The number of nitro groups is 1. The molecule has 0 saturated heterocycles. The van der Waals surface area contributed by atoms with Gasteiger partial charge in [0.15, 0.2) is 11.7 Å². The van der Waals surface area contributed by atoms with Gasteiger partial charge in [-0.2, -0.15) is 0 Å². The van der Waals surface area contributed by atoms with Gasteiger partial charge in [-0.15, -0.1) is 0 Å². The molecule has 0 fully saturated rings. The molecule has 0 aliphatic carbocycles. The summed E-state index contributed by atoms with van der Waals surface area (Å²) in [4.78, 5) is 34.3. The lowest BCUT2D eigenvalue weighted by Crippen LogP contribution is -2.49. The Balaban J connectivity index is 1.83. The lowest BCUT2D eigenvalue weighted by molar-refractivity contribution is -0.385. The van der Waals surface area contributed by atoms with Gasteiger partial charge in [0, 0.05) is 6.07 Å². The predicted molar refractivity (Wildman–Crippen MR) is 106 cm³/mol. The van der Waals surface area contributed by atoms with Crippen molar-refractivity contribution in [3.8, 4) is 5.75 Å². The monoisotopic (exact) mass is 402 g/mol. The summed E-state index contributed by atoms with van der Waals surface area (Å²) in [5.74, 6) is -0.715. The molecule has 0 radical (unpaired) electrons. The summed E-state index contributed by atoms with van der Waals surface area (Å²) >= 11 is 4.91. The maximum atomic E-state index is 12.1. The fraction of sp³-hybridized carbons (Fsp3) is 0.167. The first kappa shape index (κ1) is 20.8. The Hall–Kier alpha value is -3.53. The number of para-hydroxylation sites is 1. The first-order chi connectivity index (χ1) is 13.3. The molecule has 0 spiro atoms. The van der Waals surface area contributed by atoms with Crippen LogP contribution in [-0.2, 0) is 4.79 Å². The average Bonchev–Trinajstić information content (AvgIpc) is 2.66. The van der Waals surface area contributed by atoms with Crippen molar-refractivity contribution in [1.82, 2.24) is 16.2 Å². The highest BCUT2D eigenvalue weighted by Gasteiger charge is 2.19. The Morgan fingerprint density at radius 1 is 1.14 bits per heavy atom. The Labute approximate surface area is 166 Å². The van der Waals surface area contributed by atoms with Crippen LogP contribution in [0.3, 0.4) is 0 Å². The van der Waals surface area contributed by atoms with Crippen molar-refractivity contribution in [2.24, 2.45) is 0 Å². The minimum absolute atomic E-state index is 0.146. The molecule has 28 heavy (non-hydrogen) atoms. The minimum Gasteiger partial charge on any atom is -0.483 e. The van der Waals surface area contributed by atoms with Gasteiger partial charge in [-0.1, -0.05) is 24.3 Å². The zero-order chi connectivity index (χ0) is 20.7. The third-order valence-corrected chi connectivity index (χ3v) is 3.79. The molecule has 0 aliphatic rings. The second-order valence-corrected chi connectivity index (χ2v) is 6.20. The van der Waals surface area contributed by atoms with Crippen LogP contribution in [0.5, 0.6) is 5.75 Å². The number of thiocarbonyl (C=S) groups is 1. The van der Waals surface area contributed by atoms with Gasteiger partial charge >= 0.3 is 0 Å². The van der Waals surface area contributed by atoms with Crippen LogP contribution in [0.4, 0.5) is 5.69 Å². The Bertz CT molecular complexity index is 932. The highest BCUT2D eigenvalue weighted by Crippen LogP contribution is 2.19. The van der Waals surface area contributed by atoms with E-state index < -0.39 is 16.7 Å². The van der Waals surface area contributed by atoms with Gasteiger partial charge < -0.3 is 4.74 Å². The van der Waals surface area contributed by atoms with Gasteiger partial charge in [0.25, 0.3) is 17.5 Å². The fourth-order valence-electron chi connectivity index (χ4n) is 2.21. The predicted octanol–water partition coefficient (Wildman–Crippen LogP) is 1.93. The van der Waals surface area contributed by atoms with Crippen LogP contribution < -0.4 is 20.9 Å².